The molecule has 5 rings (SSSR count). The summed E-state index contributed by atoms with van der Waals surface area (Å²) in [5.74, 6) is 0.891. The van der Waals surface area contributed by atoms with E-state index < -0.39 is 13.4 Å². The molecule has 0 aliphatic heterocycles. The number of alkyl halides is 6. The van der Waals surface area contributed by atoms with Crippen LogP contribution in [0.1, 0.15) is 73.5 Å². The third kappa shape index (κ3) is 15.6. The van der Waals surface area contributed by atoms with E-state index in [1.165, 1.54) is 6.42 Å². The maximum atomic E-state index is 5.99. The average Bonchev–Trinajstić information content (AvgIpc) is 3.02. The molecule has 7 nitrogen and oxygen atoms in total. The maximum Gasteiger partial charge on any atom is 0.250 e. The summed E-state index contributed by atoms with van der Waals surface area (Å²) in [5, 5.41) is 0.552. The zero-order chi connectivity index (χ0) is 32.3. The molecule has 272 valence electrons. The molecule has 49 heavy (non-hydrogen) atoms. The molecule has 0 amide bonds. The zero-order valence-electron chi connectivity index (χ0n) is 23.7. The van der Waals surface area contributed by atoms with Crippen molar-refractivity contribution in [3.05, 3.63) is 102 Å². The van der Waals surface area contributed by atoms with Crippen molar-refractivity contribution in [3.8, 4) is 22.9 Å². The van der Waals surface area contributed by atoms with Crippen LogP contribution in [0.3, 0.4) is 0 Å². The van der Waals surface area contributed by atoms with Gasteiger partial charge in [-0.25, -0.2) is 15.0 Å². The molecule has 0 N–H and O–H groups in total. The van der Waals surface area contributed by atoms with E-state index in [2.05, 4.69) is 15.0 Å². The van der Waals surface area contributed by atoms with Crippen molar-refractivity contribution in [2.24, 2.45) is 0 Å². The van der Waals surface area contributed by atoms with Gasteiger partial charge in [-0.2, -0.15) is 0 Å². The second-order valence-electron chi connectivity index (χ2n) is 9.72. The highest BCUT2D eigenvalue weighted by Gasteiger charge is 2.35. The van der Waals surface area contributed by atoms with Crippen LogP contribution in [0.4, 0.5) is 0 Å². The summed E-state index contributed by atoms with van der Waals surface area (Å²) in [6.07, 6.45) is 5.13. The molecule has 0 spiro atoms. The number of para-hydroxylation sites is 2. The Bertz CT molecular complexity index is 1390. The smallest absolute Gasteiger partial charge is 0.250 e. The summed E-state index contributed by atoms with van der Waals surface area (Å²) < 4.78 is 19.5. The predicted molar refractivity (Wildman–Crippen MR) is 208 cm³/mol. The van der Waals surface area contributed by atoms with E-state index in [4.69, 9.17) is 100 Å². The molecule has 1 fully saturated rings. The van der Waals surface area contributed by atoms with Crippen LogP contribution in [0.25, 0.3) is 11.4 Å². The number of benzene rings is 3. The molecule has 0 unspecified atom stereocenters. The van der Waals surface area contributed by atoms with E-state index >= 15 is 0 Å². The van der Waals surface area contributed by atoms with E-state index in [1.807, 2.05) is 60.7 Å². The lowest BCUT2D eigenvalue weighted by Gasteiger charge is -2.36. The second kappa shape index (κ2) is 22.2. The number of aromatic nitrogens is 3. The van der Waals surface area contributed by atoms with Crippen LogP contribution in [0.2, 0.25) is 5.02 Å². The van der Waals surface area contributed by atoms with Crippen molar-refractivity contribution < 1.29 is 18.9 Å². The monoisotopic (exact) mass is 815 g/mol. The van der Waals surface area contributed by atoms with E-state index in [0.29, 0.717) is 10.6 Å². The summed E-state index contributed by atoms with van der Waals surface area (Å²) >= 11 is 40.6. The van der Waals surface area contributed by atoms with Crippen LogP contribution in [-0.2, 0) is 17.1 Å². The van der Waals surface area contributed by atoms with Gasteiger partial charge in [0.05, 0.1) is 0 Å². The molecule has 1 saturated carbocycles. The van der Waals surface area contributed by atoms with Gasteiger partial charge in [0.1, 0.15) is 11.5 Å². The molecular formula is C35H44Cl7N3O4. The summed E-state index contributed by atoms with van der Waals surface area (Å²) in [5.41, 5.74) is 0.604. The highest BCUT2D eigenvalue weighted by molar-refractivity contribution is 6.67. The van der Waals surface area contributed by atoms with Gasteiger partial charge in [0.25, 0.3) is 0 Å². The number of hydrogen-bond donors (Lipinski definition) is 0. The van der Waals surface area contributed by atoms with Crippen LogP contribution < -0.4 is 9.47 Å². The van der Waals surface area contributed by atoms with Crippen LogP contribution in [0, 0.1) is 0 Å². The van der Waals surface area contributed by atoms with Crippen LogP contribution in [0.5, 0.6) is 11.5 Å². The SMILES string of the molecule is C.C.C.C.Clc1ccc(-c2nc(C(Cl)(Cl)Cl)nc(C(Cl)(Cl)Cl)n2)cc1.c1ccc(OCOC2(OCOc3ccccc3)CCCCC2)cc1. The lowest BCUT2D eigenvalue weighted by Crippen LogP contribution is -2.40. The Morgan fingerprint density at radius 3 is 1.35 bits per heavy atom. The molecule has 14 heteroatoms. The van der Waals surface area contributed by atoms with Crippen molar-refractivity contribution in [3.63, 3.8) is 0 Å². The molecule has 3 aromatic carbocycles. The fourth-order valence-corrected chi connectivity index (χ4v) is 4.85. The summed E-state index contributed by atoms with van der Waals surface area (Å²) in [4.78, 5) is 12.0. The number of nitrogens with zero attached hydrogens (tertiary/aromatic N) is 3. The van der Waals surface area contributed by atoms with E-state index in [1.54, 1.807) is 24.3 Å². The van der Waals surface area contributed by atoms with Crippen LogP contribution in [0.15, 0.2) is 84.9 Å². The Morgan fingerprint density at radius 2 is 0.959 bits per heavy atom. The third-order valence-corrected chi connectivity index (χ3v) is 7.71. The lowest BCUT2D eigenvalue weighted by molar-refractivity contribution is -0.291. The molecular weight excluding hydrogens is 775 g/mol. The molecule has 1 heterocycles. The minimum absolute atomic E-state index is 0. The largest absolute Gasteiger partial charge is 0.467 e. The molecule has 0 saturated heterocycles. The first-order valence-corrected chi connectivity index (χ1v) is 16.4. The fourth-order valence-electron chi connectivity index (χ4n) is 4.22. The van der Waals surface area contributed by atoms with Gasteiger partial charge in [0.2, 0.25) is 7.59 Å². The van der Waals surface area contributed by atoms with Gasteiger partial charge in [-0.3, -0.25) is 0 Å². The molecule has 1 aliphatic rings. The number of hydrogen-bond acceptors (Lipinski definition) is 7. The Balaban J connectivity index is 0.000000876. The van der Waals surface area contributed by atoms with Gasteiger partial charge in [-0.15, -0.1) is 0 Å². The predicted octanol–water partition coefficient (Wildman–Crippen LogP) is 13.1. The normalized spacial score (nSPS) is 13.4. The number of ether oxygens (including phenoxy) is 4. The third-order valence-electron chi connectivity index (χ3n) is 6.44. The van der Waals surface area contributed by atoms with Gasteiger partial charge >= 0.3 is 0 Å². The lowest BCUT2D eigenvalue weighted by atomic mass is 9.94. The topological polar surface area (TPSA) is 75.6 Å². The number of halogens is 7. The van der Waals surface area contributed by atoms with Crippen molar-refractivity contribution in [2.45, 2.75) is 75.2 Å². The Hall–Kier alpha value is -1.78. The highest BCUT2D eigenvalue weighted by Crippen LogP contribution is 2.41. The summed E-state index contributed by atoms with van der Waals surface area (Å²) in [6.45, 7) is 0.352. The Labute approximate surface area is 326 Å². The molecule has 0 bridgehead atoms. The minimum atomic E-state index is -1.88. The molecule has 4 aromatic rings. The van der Waals surface area contributed by atoms with Crippen molar-refractivity contribution in [2.75, 3.05) is 13.6 Å². The van der Waals surface area contributed by atoms with Gasteiger partial charge in [0, 0.05) is 23.4 Å². The van der Waals surface area contributed by atoms with Gasteiger partial charge in [-0.1, -0.05) is 154 Å². The van der Waals surface area contributed by atoms with Gasteiger partial charge < -0.3 is 18.9 Å². The molecule has 1 aromatic heterocycles. The molecule has 0 atom stereocenters. The summed E-state index contributed by atoms with van der Waals surface area (Å²) in [6, 6.07) is 26.0. The average molecular weight is 819 g/mol. The first-order valence-electron chi connectivity index (χ1n) is 13.7. The van der Waals surface area contributed by atoms with Crippen molar-refractivity contribution >= 4 is 81.2 Å². The fraction of sp³-hybridized carbons (Fsp3) is 0.400. The molecule has 1 aliphatic carbocycles. The number of rotatable bonds is 9. The second-order valence-corrected chi connectivity index (χ2v) is 14.7. The molecule has 0 radical (unpaired) electrons. The minimum Gasteiger partial charge on any atom is -0.467 e. The first kappa shape index (κ1) is 47.2. The quantitative estimate of drug-likeness (QED) is 0.123. The zero-order valence-corrected chi connectivity index (χ0v) is 28.9. The van der Waals surface area contributed by atoms with Gasteiger partial charge in [-0.05, 0) is 61.4 Å². The van der Waals surface area contributed by atoms with Crippen LogP contribution in [-0.4, -0.2) is 34.3 Å². The van der Waals surface area contributed by atoms with E-state index in [9.17, 15) is 0 Å². The standard InChI is InChI=1S/C20H24O4.C11H4Cl7N3.4CH4/c1-4-10-18(11-5-1)21-16-23-20(14-8-3-9-15-20)24-17-22-19-12-6-2-7-13-19;12-6-3-1-5(2-4-6)7-19-8(10(13,14)15)21-9(20-7)11(16,17)18;;;;/h1-2,4-7,10-13H,3,8-9,14-17H2;1-4H;4*1H4. The van der Waals surface area contributed by atoms with Gasteiger partial charge in [0.15, 0.2) is 36.8 Å². The Morgan fingerprint density at radius 1 is 0.551 bits per heavy atom. The van der Waals surface area contributed by atoms with Crippen molar-refractivity contribution in [1.29, 1.82) is 0 Å². The van der Waals surface area contributed by atoms with Crippen LogP contribution >= 0.6 is 81.2 Å². The first-order chi connectivity index (χ1) is 21.4. The van der Waals surface area contributed by atoms with E-state index in [-0.39, 0.29) is 60.8 Å². The van der Waals surface area contributed by atoms with E-state index in [0.717, 1.165) is 37.2 Å². The Kier molecular flexibility index (Phi) is 21.4. The summed E-state index contributed by atoms with van der Waals surface area (Å²) in [7, 11) is 0. The highest BCUT2D eigenvalue weighted by atomic mass is 35.6. The van der Waals surface area contributed by atoms with Crippen molar-refractivity contribution in [1.82, 2.24) is 15.0 Å². The maximum absolute atomic E-state index is 5.99.